The van der Waals surface area contributed by atoms with Crippen molar-refractivity contribution in [2.45, 2.75) is 18.9 Å². The topological polar surface area (TPSA) is 99.8 Å². The fourth-order valence-electron chi connectivity index (χ4n) is 4.00. The van der Waals surface area contributed by atoms with Crippen LogP contribution >= 0.6 is 0 Å². The molecule has 2 N–H and O–H groups in total. The molecule has 10 heteroatoms. The lowest BCUT2D eigenvalue weighted by atomic mass is 10.0. The Morgan fingerprint density at radius 1 is 1.06 bits per heavy atom. The van der Waals surface area contributed by atoms with Crippen LogP contribution in [0.5, 0.6) is 17.4 Å². The molecule has 1 aromatic carbocycles. The van der Waals surface area contributed by atoms with Crippen LogP contribution in [0.4, 0.5) is 14.5 Å². The van der Waals surface area contributed by atoms with E-state index in [1.165, 1.54) is 32.5 Å². The van der Waals surface area contributed by atoms with Gasteiger partial charge in [0.25, 0.3) is 5.91 Å². The fourth-order valence-corrected chi connectivity index (χ4v) is 4.00. The van der Waals surface area contributed by atoms with Crippen molar-refractivity contribution in [3.8, 4) is 28.6 Å². The van der Waals surface area contributed by atoms with Crippen LogP contribution in [-0.2, 0) is 0 Å². The Morgan fingerprint density at radius 2 is 1.82 bits per heavy atom. The molecule has 0 unspecified atom stereocenters. The summed E-state index contributed by atoms with van der Waals surface area (Å²) in [5, 5.41) is 0. The number of methoxy groups -OCH3 is 2. The highest BCUT2D eigenvalue weighted by Crippen LogP contribution is 2.37. The Balaban J connectivity index is 1.62. The number of carbonyl (C=O) groups is 1. The summed E-state index contributed by atoms with van der Waals surface area (Å²) in [6.07, 6.45) is 4.06. The molecule has 34 heavy (non-hydrogen) atoms. The van der Waals surface area contributed by atoms with Crippen LogP contribution < -0.4 is 24.8 Å². The van der Waals surface area contributed by atoms with Crippen LogP contribution in [0.3, 0.4) is 0 Å². The lowest BCUT2D eigenvalue weighted by Gasteiger charge is -2.35. The van der Waals surface area contributed by atoms with Crippen molar-refractivity contribution in [3.63, 3.8) is 0 Å². The van der Waals surface area contributed by atoms with Crippen LogP contribution in [0.2, 0.25) is 0 Å². The highest BCUT2D eigenvalue weighted by molar-refractivity contribution is 6.02. The Kier molecular flexibility index (Phi) is 6.76. The van der Waals surface area contributed by atoms with Gasteiger partial charge in [-0.1, -0.05) is 0 Å². The molecule has 178 valence electrons. The highest BCUT2D eigenvalue weighted by Gasteiger charge is 2.27. The van der Waals surface area contributed by atoms with Gasteiger partial charge in [-0.3, -0.25) is 9.78 Å². The summed E-state index contributed by atoms with van der Waals surface area (Å²) < 4.78 is 43.6. The smallest absolute Gasteiger partial charge is 0.254 e. The first-order chi connectivity index (χ1) is 16.4. The minimum absolute atomic E-state index is 0.0257. The molecule has 3 heterocycles. The summed E-state index contributed by atoms with van der Waals surface area (Å²) in [7, 11) is 2.97. The Labute approximate surface area is 195 Å². The first kappa shape index (κ1) is 23.2. The van der Waals surface area contributed by atoms with E-state index in [9.17, 15) is 13.6 Å². The standard InChI is InChI=1S/C24H24F2N4O4/c1-32-20-5-8-28-23(22(20)24(27)31)16-13-29-21(33-2)12-18(16)30-9-6-15(7-10-30)34-19-4-3-14(25)11-17(19)26/h3-5,8,11-13,15H,6-7,9-10H2,1-2H3,(H2,27,31). The van der Waals surface area contributed by atoms with Gasteiger partial charge in [-0.2, -0.15) is 0 Å². The Hall–Kier alpha value is -3.95. The zero-order chi connectivity index (χ0) is 24.2. The molecular weight excluding hydrogens is 446 g/mol. The third-order valence-electron chi connectivity index (χ3n) is 5.67. The molecule has 2 aromatic heterocycles. The van der Waals surface area contributed by atoms with Gasteiger partial charge in [0.1, 0.15) is 23.2 Å². The van der Waals surface area contributed by atoms with Crippen molar-refractivity contribution in [2.24, 2.45) is 5.73 Å². The van der Waals surface area contributed by atoms with Crippen molar-refractivity contribution in [1.29, 1.82) is 0 Å². The number of nitrogens with zero attached hydrogens (tertiary/aromatic N) is 3. The van der Waals surface area contributed by atoms with E-state index in [2.05, 4.69) is 14.9 Å². The number of amides is 1. The predicted molar refractivity (Wildman–Crippen MR) is 121 cm³/mol. The van der Waals surface area contributed by atoms with E-state index in [4.69, 9.17) is 19.9 Å². The maximum atomic E-state index is 14.0. The molecule has 1 fully saturated rings. The zero-order valence-corrected chi connectivity index (χ0v) is 18.8. The number of primary amides is 1. The molecule has 0 bridgehead atoms. The van der Waals surface area contributed by atoms with Crippen LogP contribution in [-0.4, -0.2) is 49.3 Å². The van der Waals surface area contributed by atoms with Crippen LogP contribution in [0, 0.1) is 11.6 Å². The zero-order valence-electron chi connectivity index (χ0n) is 18.8. The number of halogens is 2. The monoisotopic (exact) mass is 470 g/mol. The number of rotatable bonds is 7. The summed E-state index contributed by atoms with van der Waals surface area (Å²) >= 11 is 0. The molecule has 0 atom stereocenters. The molecule has 1 aliphatic heterocycles. The number of benzene rings is 1. The summed E-state index contributed by atoms with van der Waals surface area (Å²) in [6, 6.07) is 6.60. The lowest BCUT2D eigenvalue weighted by Crippen LogP contribution is -2.38. The third kappa shape index (κ3) is 4.70. The molecule has 0 saturated carbocycles. The van der Waals surface area contributed by atoms with E-state index in [1.54, 1.807) is 18.3 Å². The Bertz CT molecular complexity index is 1200. The lowest BCUT2D eigenvalue weighted by molar-refractivity contribution is 0.0997. The van der Waals surface area contributed by atoms with Crippen molar-refractivity contribution in [3.05, 3.63) is 59.9 Å². The third-order valence-corrected chi connectivity index (χ3v) is 5.67. The number of anilines is 1. The number of pyridine rings is 2. The quantitative estimate of drug-likeness (QED) is 0.563. The number of piperidine rings is 1. The number of aromatic nitrogens is 2. The molecule has 3 aromatic rings. The van der Waals surface area contributed by atoms with Gasteiger partial charge < -0.3 is 24.8 Å². The van der Waals surface area contributed by atoms with Crippen molar-refractivity contribution < 1.29 is 27.8 Å². The number of nitrogens with two attached hydrogens (primary N) is 1. The summed E-state index contributed by atoms with van der Waals surface area (Å²) in [5.41, 5.74) is 7.49. The normalized spacial score (nSPS) is 14.1. The van der Waals surface area contributed by atoms with E-state index in [0.717, 1.165) is 11.8 Å². The number of carbonyl (C=O) groups excluding carboxylic acids is 1. The number of hydrogen-bond acceptors (Lipinski definition) is 7. The molecule has 1 saturated heterocycles. The van der Waals surface area contributed by atoms with E-state index in [1.807, 2.05) is 0 Å². The van der Waals surface area contributed by atoms with Gasteiger partial charge in [0, 0.05) is 56.0 Å². The fraction of sp³-hybridized carbons (Fsp3) is 0.292. The molecule has 0 aliphatic carbocycles. The highest BCUT2D eigenvalue weighted by atomic mass is 19.1. The first-order valence-corrected chi connectivity index (χ1v) is 10.6. The van der Waals surface area contributed by atoms with Gasteiger partial charge in [0.05, 0.1) is 25.6 Å². The van der Waals surface area contributed by atoms with Crippen molar-refractivity contribution >= 4 is 11.6 Å². The summed E-state index contributed by atoms with van der Waals surface area (Å²) in [4.78, 5) is 23.0. The summed E-state index contributed by atoms with van der Waals surface area (Å²) in [5.74, 6) is -1.32. The molecular formula is C24H24F2N4O4. The maximum absolute atomic E-state index is 14.0. The number of hydrogen-bond donors (Lipinski definition) is 1. The van der Waals surface area contributed by atoms with E-state index in [-0.39, 0.29) is 17.4 Å². The molecule has 1 aliphatic rings. The van der Waals surface area contributed by atoms with Crippen LogP contribution in [0.1, 0.15) is 23.2 Å². The van der Waals surface area contributed by atoms with E-state index >= 15 is 0 Å². The maximum Gasteiger partial charge on any atom is 0.254 e. The van der Waals surface area contributed by atoms with E-state index < -0.39 is 17.5 Å². The van der Waals surface area contributed by atoms with E-state index in [0.29, 0.717) is 48.8 Å². The van der Waals surface area contributed by atoms with Gasteiger partial charge in [-0.05, 0) is 18.2 Å². The van der Waals surface area contributed by atoms with Gasteiger partial charge >= 0.3 is 0 Å². The van der Waals surface area contributed by atoms with Gasteiger partial charge in [0.15, 0.2) is 11.6 Å². The second-order valence-electron chi connectivity index (χ2n) is 7.72. The number of ether oxygens (including phenoxy) is 3. The minimum atomic E-state index is -0.730. The van der Waals surface area contributed by atoms with Crippen LogP contribution in [0.15, 0.2) is 42.7 Å². The van der Waals surface area contributed by atoms with Crippen molar-refractivity contribution in [2.75, 3.05) is 32.2 Å². The predicted octanol–water partition coefficient (Wildman–Crippen LogP) is 3.59. The van der Waals surface area contributed by atoms with Gasteiger partial charge in [-0.15, -0.1) is 0 Å². The molecule has 4 rings (SSSR count). The average Bonchev–Trinajstić information content (AvgIpc) is 2.85. The second-order valence-corrected chi connectivity index (χ2v) is 7.72. The summed E-state index contributed by atoms with van der Waals surface area (Å²) in [6.45, 7) is 1.15. The van der Waals surface area contributed by atoms with Crippen LogP contribution in [0.25, 0.3) is 11.3 Å². The SMILES string of the molecule is COc1cc(N2CCC(Oc3ccc(F)cc3F)CC2)c(-c2nccc(OC)c2C(N)=O)cn1. The Morgan fingerprint density at radius 3 is 2.47 bits per heavy atom. The molecule has 8 nitrogen and oxygen atoms in total. The van der Waals surface area contributed by atoms with Gasteiger partial charge in [-0.25, -0.2) is 13.8 Å². The molecule has 0 radical (unpaired) electrons. The second kappa shape index (κ2) is 9.90. The molecule has 1 amide bonds. The average molecular weight is 470 g/mol. The largest absolute Gasteiger partial charge is 0.496 e. The molecule has 0 spiro atoms. The van der Waals surface area contributed by atoms with Crippen molar-refractivity contribution in [1.82, 2.24) is 9.97 Å². The van der Waals surface area contributed by atoms with Gasteiger partial charge in [0.2, 0.25) is 5.88 Å². The minimum Gasteiger partial charge on any atom is -0.496 e. The first-order valence-electron chi connectivity index (χ1n) is 10.6.